The van der Waals surface area contributed by atoms with Gasteiger partial charge in [-0.3, -0.25) is 4.90 Å². The average molecular weight is 284 g/mol. The van der Waals surface area contributed by atoms with Gasteiger partial charge in [-0.25, -0.2) is 8.78 Å². The largest absolute Gasteiger partial charge is 0.380 e. The topological polar surface area (TPSA) is 38.5 Å². The summed E-state index contributed by atoms with van der Waals surface area (Å²) in [5.74, 6) is -0.624. The molecule has 1 aromatic rings. The number of methoxy groups -OCH3 is 1. The number of nitrogens with zero attached hydrogens (tertiary/aromatic N) is 1. The monoisotopic (exact) mass is 284 g/mol. The maximum Gasteiger partial charge on any atom is 0.130 e. The van der Waals surface area contributed by atoms with Gasteiger partial charge in [0.05, 0.1) is 12.1 Å². The minimum atomic E-state index is -0.534. The van der Waals surface area contributed by atoms with Gasteiger partial charge in [-0.05, 0) is 31.0 Å². The van der Waals surface area contributed by atoms with E-state index in [-0.39, 0.29) is 18.2 Å². The zero-order valence-electron chi connectivity index (χ0n) is 12.0. The van der Waals surface area contributed by atoms with Gasteiger partial charge >= 0.3 is 0 Å². The lowest BCUT2D eigenvalue weighted by molar-refractivity contribution is -0.0192. The van der Waals surface area contributed by atoms with E-state index >= 15 is 0 Å². The normalized spacial score (nSPS) is 25.6. The van der Waals surface area contributed by atoms with Crippen molar-refractivity contribution in [3.63, 3.8) is 0 Å². The van der Waals surface area contributed by atoms with Crippen molar-refractivity contribution in [1.82, 2.24) is 4.90 Å². The summed E-state index contributed by atoms with van der Waals surface area (Å²) < 4.78 is 33.3. The summed E-state index contributed by atoms with van der Waals surface area (Å²) in [5.41, 5.74) is 5.85. The molecule has 1 heterocycles. The van der Waals surface area contributed by atoms with Gasteiger partial charge in [0.25, 0.3) is 0 Å². The highest BCUT2D eigenvalue weighted by molar-refractivity contribution is 5.24. The van der Waals surface area contributed by atoms with Crippen LogP contribution in [0.5, 0.6) is 0 Å². The molecule has 1 aromatic carbocycles. The van der Waals surface area contributed by atoms with Gasteiger partial charge < -0.3 is 10.5 Å². The second-order valence-corrected chi connectivity index (χ2v) is 5.42. The van der Waals surface area contributed by atoms with Crippen molar-refractivity contribution in [3.8, 4) is 0 Å². The minimum absolute atomic E-state index is 0.0689. The summed E-state index contributed by atoms with van der Waals surface area (Å²) >= 11 is 0. The Balaban J connectivity index is 2.24. The smallest absolute Gasteiger partial charge is 0.130 e. The quantitative estimate of drug-likeness (QED) is 0.922. The molecule has 0 spiro atoms. The Morgan fingerprint density at radius 1 is 1.40 bits per heavy atom. The summed E-state index contributed by atoms with van der Waals surface area (Å²) in [6.45, 7) is 3.74. The molecule has 1 aliphatic heterocycles. The molecular weight excluding hydrogens is 262 g/mol. The predicted octanol–water partition coefficient (Wildman–Crippen LogP) is 2.32. The third-order valence-corrected chi connectivity index (χ3v) is 4.22. The van der Waals surface area contributed by atoms with Crippen LogP contribution in [-0.4, -0.2) is 37.7 Å². The highest BCUT2D eigenvalue weighted by Crippen LogP contribution is 2.30. The van der Waals surface area contributed by atoms with E-state index in [0.717, 1.165) is 13.0 Å². The molecule has 0 amide bonds. The highest BCUT2D eigenvalue weighted by atomic mass is 19.1. The summed E-state index contributed by atoms with van der Waals surface area (Å²) in [4.78, 5) is 2.02. The number of benzene rings is 1. The van der Waals surface area contributed by atoms with Crippen LogP contribution in [0.25, 0.3) is 0 Å². The van der Waals surface area contributed by atoms with Gasteiger partial charge in [0.15, 0.2) is 0 Å². The second kappa shape index (κ2) is 6.61. The summed E-state index contributed by atoms with van der Waals surface area (Å²) in [6, 6.07) is 3.49. The Morgan fingerprint density at radius 3 is 2.60 bits per heavy atom. The average Bonchev–Trinajstić information content (AvgIpc) is 2.44. The molecule has 112 valence electrons. The lowest BCUT2D eigenvalue weighted by Crippen LogP contribution is -2.47. The molecular formula is C15H22F2N2O. The van der Waals surface area contributed by atoms with Crippen molar-refractivity contribution in [2.75, 3.05) is 26.7 Å². The molecule has 2 N–H and O–H groups in total. The lowest BCUT2D eigenvalue weighted by Gasteiger charge is -2.40. The first kappa shape index (κ1) is 15.4. The van der Waals surface area contributed by atoms with Crippen molar-refractivity contribution in [1.29, 1.82) is 0 Å². The van der Waals surface area contributed by atoms with Crippen LogP contribution in [0, 0.1) is 17.6 Å². The Labute approximate surface area is 118 Å². The molecule has 5 heteroatoms. The molecule has 0 bridgehead atoms. The van der Waals surface area contributed by atoms with Gasteiger partial charge in [0.2, 0.25) is 0 Å². The van der Waals surface area contributed by atoms with E-state index < -0.39 is 17.7 Å². The van der Waals surface area contributed by atoms with Crippen molar-refractivity contribution >= 4 is 0 Å². The Hall–Kier alpha value is -1.04. The van der Waals surface area contributed by atoms with Crippen LogP contribution in [0.2, 0.25) is 0 Å². The summed E-state index contributed by atoms with van der Waals surface area (Å²) in [6.07, 6.45) is 1.01. The summed E-state index contributed by atoms with van der Waals surface area (Å²) in [7, 11) is 1.67. The van der Waals surface area contributed by atoms with Gasteiger partial charge in [0, 0.05) is 25.8 Å². The van der Waals surface area contributed by atoms with Crippen molar-refractivity contribution in [2.45, 2.75) is 25.5 Å². The summed E-state index contributed by atoms with van der Waals surface area (Å²) in [5, 5.41) is 0. The van der Waals surface area contributed by atoms with Crippen molar-refractivity contribution < 1.29 is 13.5 Å². The maximum atomic E-state index is 13.9. The molecule has 3 atom stereocenters. The molecule has 0 radical (unpaired) electrons. The SMILES string of the molecule is COC1CN(C(CN)c2c(F)cccc2F)CCC1C. The maximum absolute atomic E-state index is 13.9. The van der Waals surface area contributed by atoms with Crippen LogP contribution in [0.15, 0.2) is 18.2 Å². The molecule has 0 aliphatic carbocycles. The standard InChI is InChI=1S/C15H22F2N2O/c1-10-6-7-19(9-14(10)20-2)13(8-18)15-11(16)4-3-5-12(15)17/h3-5,10,13-14H,6-9,18H2,1-2H3. The molecule has 2 rings (SSSR count). The highest BCUT2D eigenvalue weighted by Gasteiger charge is 2.32. The number of nitrogens with two attached hydrogens (primary N) is 1. The third-order valence-electron chi connectivity index (χ3n) is 4.22. The van der Waals surface area contributed by atoms with Crippen LogP contribution < -0.4 is 5.73 Å². The fourth-order valence-corrected chi connectivity index (χ4v) is 2.93. The number of rotatable bonds is 4. The Morgan fingerprint density at radius 2 is 2.05 bits per heavy atom. The molecule has 1 aliphatic rings. The first-order valence-corrected chi connectivity index (χ1v) is 6.99. The van der Waals surface area contributed by atoms with E-state index in [4.69, 9.17) is 10.5 Å². The molecule has 3 nitrogen and oxygen atoms in total. The van der Waals surface area contributed by atoms with Gasteiger partial charge in [-0.2, -0.15) is 0 Å². The zero-order valence-corrected chi connectivity index (χ0v) is 12.0. The molecule has 0 saturated carbocycles. The molecule has 1 fully saturated rings. The molecule has 1 saturated heterocycles. The third kappa shape index (κ3) is 3.00. The van der Waals surface area contributed by atoms with Crippen LogP contribution in [0.3, 0.4) is 0 Å². The van der Waals surface area contributed by atoms with E-state index in [1.165, 1.54) is 18.2 Å². The van der Waals surface area contributed by atoms with E-state index in [9.17, 15) is 8.78 Å². The van der Waals surface area contributed by atoms with Crippen LogP contribution >= 0.6 is 0 Å². The van der Waals surface area contributed by atoms with E-state index in [0.29, 0.717) is 12.5 Å². The van der Waals surface area contributed by atoms with E-state index in [1.54, 1.807) is 7.11 Å². The molecule has 20 heavy (non-hydrogen) atoms. The number of hydrogen-bond donors (Lipinski definition) is 1. The molecule has 0 aromatic heterocycles. The predicted molar refractivity (Wildman–Crippen MR) is 74.3 cm³/mol. The number of piperidine rings is 1. The Bertz CT molecular complexity index is 435. The fourth-order valence-electron chi connectivity index (χ4n) is 2.93. The zero-order chi connectivity index (χ0) is 14.7. The van der Waals surface area contributed by atoms with Crippen LogP contribution in [0.1, 0.15) is 24.9 Å². The van der Waals surface area contributed by atoms with Gasteiger partial charge in [0.1, 0.15) is 11.6 Å². The molecule has 3 unspecified atom stereocenters. The van der Waals surface area contributed by atoms with Crippen molar-refractivity contribution in [3.05, 3.63) is 35.4 Å². The minimum Gasteiger partial charge on any atom is -0.380 e. The first-order valence-electron chi connectivity index (χ1n) is 6.99. The van der Waals surface area contributed by atoms with Crippen LogP contribution in [0.4, 0.5) is 8.78 Å². The number of likely N-dealkylation sites (tertiary alicyclic amines) is 1. The first-order chi connectivity index (χ1) is 9.58. The number of ether oxygens (including phenoxy) is 1. The second-order valence-electron chi connectivity index (χ2n) is 5.42. The van der Waals surface area contributed by atoms with Crippen LogP contribution in [-0.2, 0) is 4.74 Å². The van der Waals surface area contributed by atoms with Gasteiger partial charge in [-0.15, -0.1) is 0 Å². The lowest BCUT2D eigenvalue weighted by atomic mass is 9.93. The Kier molecular flexibility index (Phi) is 5.07. The fraction of sp³-hybridized carbons (Fsp3) is 0.600. The van der Waals surface area contributed by atoms with E-state index in [1.807, 2.05) is 4.90 Å². The van der Waals surface area contributed by atoms with Crippen molar-refractivity contribution in [2.24, 2.45) is 11.7 Å². The van der Waals surface area contributed by atoms with Gasteiger partial charge in [-0.1, -0.05) is 13.0 Å². The van der Waals surface area contributed by atoms with E-state index in [2.05, 4.69) is 6.92 Å². The number of halogens is 2. The number of hydrogen-bond acceptors (Lipinski definition) is 3.